The van der Waals surface area contributed by atoms with Crippen LogP contribution in [0.4, 0.5) is 5.13 Å². The first-order valence-electron chi connectivity index (χ1n) is 5.75. The summed E-state index contributed by atoms with van der Waals surface area (Å²) < 4.78 is 23.0. The minimum atomic E-state index is -3.41. The predicted molar refractivity (Wildman–Crippen MR) is 72.6 cm³/mol. The van der Waals surface area contributed by atoms with Crippen LogP contribution in [0.5, 0.6) is 0 Å². The molecule has 0 amide bonds. The molecule has 0 spiro atoms. The van der Waals surface area contributed by atoms with E-state index in [-0.39, 0.29) is 5.16 Å². The molecule has 0 radical (unpaired) electrons. The molecular weight excluding hydrogens is 284 g/mol. The molecule has 1 aliphatic carbocycles. The van der Waals surface area contributed by atoms with E-state index < -0.39 is 9.84 Å². The molecule has 3 rings (SSSR count). The van der Waals surface area contributed by atoms with Crippen molar-refractivity contribution < 1.29 is 8.42 Å². The van der Waals surface area contributed by atoms with Gasteiger partial charge in [0.25, 0.3) is 0 Å². The predicted octanol–water partition coefficient (Wildman–Crippen LogP) is 1.46. The summed E-state index contributed by atoms with van der Waals surface area (Å²) in [6, 6.07) is 1.69. The highest BCUT2D eigenvalue weighted by atomic mass is 32.2. The minimum absolute atomic E-state index is 0.168. The van der Waals surface area contributed by atoms with E-state index in [4.69, 9.17) is 5.73 Å². The van der Waals surface area contributed by atoms with E-state index in [1.54, 1.807) is 6.07 Å². The van der Waals surface area contributed by atoms with Crippen molar-refractivity contribution in [3.05, 3.63) is 18.0 Å². The fraction of sp³-hybridized carbons (Fsp3) is 0.364. The summed E-state index contributed by atoms with van der Waals surface area (Å²) in [5, 5.41) is 0.315. The molecule has 0 bridgehead atoms. The SMILES string of the molecule is CS(=O)(=O)c1nccc(-c2sc(N)nc2C2CC2)n1. The highest BCUT2D eigenvalue weighted by Crippen LogP contribution is 2.46. The molecule has 2 aromatic rings. The Hall–Kier alpha value is -1.54. The summed E-state index contributed by atoms with van der Waals surface area (Å²) >= 11 is 1.34. The number of thiazole rings is 1. The Balaban J connectivity index is 2.12. The number of nitrogens with two attached hydrogens (primary N) is 1. The number of anilines is 1. The summed E-state index contributed by atoms with van der Waals surface area (Å²) in [5.74, 6) is 0.431. The van der Waals surface area contributed by atoms with Crippen molar-refractivity contribution in [2.45, 2.75) is 23.9 Å². The average molecular weight is 296 g/mol. The van der Waals surface area contributed by atoms with E-state index >= 15 is 0 Å². The summed E-state index contributed by atoms with van der Waals surface area (Å²) in [6.45, 7) is 0. The Labute approximate surface area is 114 Å². The molecule has 1 aliphatic rings. The maximum absolute atomic E-state index is 11.5. The van der Waals surface area contributed by atoms with Crippen LogP contribution in [0.1, 0.15) is 24.5 Å². The van der Waals surface area contributed by atoms with Gasteiger partial charge in [-0.15, -0.1) is 0 Å². The second-order valence-electron chi connectivity index (χ2n) is 4.54. The molecule has 2 aromatic heterocycles. The number of aromatic nitrogens is 3. The molecule has 1 saturated carbocycles. The topological polar surface area (TPSA) is 98.8 Å². The Morgan fingerprint density at radius 1 is 1.37 bits per heavy atom. The number of nitrogens with zero attached hydrogens (tertiary/aromatic N) is 3. The van der Waals surface area contributed by atoms with Crippen molar-refractivity contribution in [3.63, 3.8) is 0 Å². The molecule has 0 atom stereocenters. The van der Waals surface area contributed by atoms with Gasteiger partial charge in [-0.05, 0) is 18.9 Å². The van der Waals surface area contributed by atoms with Gasteiger partial charge in [0.2, 0.25) is 15.0 Å². The van der Waals surface area contributed by atoms with E-state index in [1.165, 1.54) is 17.5 Å². The molecule has 6 nitrogen and oxygen atoms in total. The van der Waals surface area contributed by atoms with Crippen LogP contribution in [0.2, 0.25) is 0 Å². The number of rotatable bonds is 3. The van der Waals surface area contributed by atoms with Gasteiger partial charge in [0.1, 0.15) is 0 Å². The van der Waals surface area contributed by atoms with Crippen molar-refractivity contribution >= 4 is 26.3 Å². The number of nitrogen functional groups attached to an aromatic ring is 1. The zero-order valence-corrected chi connectivity index (χ0v) is 11.8. The molecule has 0 saturated heterocycles. The van der Waals surface area contributed by atoms with Crippen LogP contribution in [0.25, 0.3) is 10.6 Å². The van der Waals surface area contributed by atoms with Crippen LogP contribution in [0, 0.1) is 0 Å². The first-order chi connectivity index (χ1) is 8.95. The van der Waals surface area contributed by atoms with Crippen LogP contribution in [0.3, 0.4) is 0 Å². The van der Waals surface area contributed by atoms with Crippen LogP contribution in [0.15, 0.2) is 17.4 Å². The Bertz CT molecular complexity index is 735. The van der Waals surface area contributed by atoms with Crippen LogP contribution >= 0.6 is 11.3 Å². The van der Waals surface area contributed by atoms with E-state index in [9.17, 15) is 8.42 Å². The lowest BCUT2D eigenvalue weighted by atomic mass is 10.2. The van der Waals surface area contributed by atoms with E-state index in [0.29, 0.717) is 16.7 Å². The van der Waals surface area contributed by atoms with E-state index in [1.807, 2.05) is 0 Å². The van der Waals surface area contributed by atoms with Gasteiger partial charge in [0.15, 0.2) is 5.13 Å². The van der Waals surface area contributed by atoms with Gasteiger partial charge >= 0.3 is 0 Å². The third-order valence-corrected chi connectivity index (χ3v) is 4.61. The fourth-order valence-electron chi connectivity index (χ4n) is 1.81. The second kappa shape index (κ2) is 4.24. The van der Waals surface area contributed by atoms with Crippen molar-refractivity contribution in [1.82, 2.24) is 15.0 Å². The largest absolute Gasteiger partial charge is 0.375 e. The number of hydrogen-bond acceptors (Lipinski definition) is 7. The zero-order chi connectivity index (χ0) is 13.6. The fourth-order valence-corrected chi connectivity index (χ4v) is 3.22. The molecular formula is C11H12N4O2S2. The Kier molecular flexibility index (Phi) is 2.79. The Morgan fingerprint density at radius 2 is 2.11 bits per heavy atom. The van der Waals surface area contributed by atoms with Gasteiger partial charge in [-0.1, -0.05) is 11.3 Å². The van der Waals surface area contributed by atoms with Crippen LogP contribution in [-0.4, -0.2) is 29.6 Å². The molecule has 0 unspecified atom stereocenters. The first-order valence-corrected chi connectivity index (χ1v) is 8.45. The van der Waals surface area contributed by atoms with Crippen molar-refractivity contribution in [2.24, 2.45) is 0 Å². The molecule has 2 N–H and O–H groups in total. The summed E-state index contributed by atoms with van der Waals surface area (Å²) in [6.07, 6.45) is 4.74. The van der Waals surface area contributed by atoms with Gasteiger partial charge in [-0.3, -0.25) is 0 Å². The summed E-state index contributed by atoms with van der Waals surface area (Å²) in [4.78, 5) is 13.1. The van der Waals surface area contributed by atoms with E-state index in [2.05, 4.69) is 15.0 Å². The smallest absolute Gasteiger partial charge is 0.247 e. The van der Waals surface area contributed by atoms with Gasteiger partial charge in [-0.2, -0.15) is 0 Å². The second-order valence-corrected chi connectivity index (χ2v) is 7.48. The third-order valence-electron chi connectivity index (χ3n) is 2.83. The molecule has 2 heterocycles. The lowest BCUT2D eigenvalue weighted by molar-refractivity contribution is 0.593. The van der Waals surface area contributed by atoms with Gasteiger partial charge in [0.05, 0.1) is 16.3 Å². The van der Waals surface area contributed by atoms with Gasteiger partial charge in [0, 0.05) is 18.4 Å². The number of hydrogen-bond donors (Lipinski definition) is 1. The first kappa shape index (κ1) is 12.5. The highest BCUT2D eigenvalue weighted by Gasteiger charge is 2.30. The molecule has 8 heteroatoms. The van der Waals surface area contributed by atoms with Gasteiger partial charge < -0.3 is 5.73 Å². The maximum Gasteiger partial charge on any atom is 0.247 e. The Morgan fingerprint density at radius 3 is 2.74 bits per heavy atom. The number of sulfone groups is 1. The minimum Gasteiger partial charge on any atom is -0.375 e. The quantitative estimate of drug-likeness (QED) is 0.861. The van der Waals surface area contributed by atoms with E-state index in [0.717, 1.165) is 29.7 Å². The highest BCUT2D eigenvalue weighted by molar-refractivity contribution is 7.90. The zero-order valence-electron chi connectivity index (χ0n) is 10.2. The molecule has 0 aliphatic heterocycles. The van der Waals surface area contributed by atoms with Crippen LogP contribution in [-0.2, 0) is 9.84 Å². The molecule has 19 heavy (non-hydrogen) atoms. The molecule has 100 valence electrons. The lowest BCUT2D eigenvalue weighted by Crippen LogP contribution is -2.04. The van der Waals surface area contributed by atoms with Crippen LogP contribution < -0.4 is 5.73 Å². The molecule has 0 aromatic carbocycles. The lowest BCUT2D eigenvalue weighted by Gasteiger charge is -2.02. The maximum atomic E-state index is 11.5. The average Bonchev–Trinajstić information content (AvgIpc) is 3.12. The van der Waals surface area contributed by atoms with Gasteiger partial charge in [-0.25, -0.2) is 23.4 Å². The summed E-state index contributed by atoms with van der Waals surface area (Å²) in [7, 11) is -3.41. The monoisotopic (exact) mass is 296 g/mol. The van der Waals surface area contributed by atoms with Crippen molar-refractivity contribution in [1.29, 1.82) is 0 Å². The third kappa shape index (κ3) is 2.45. The molecule has 1 fully saturated rings. The standard InChI is InChI=1S/C11H12N4O2S2/c1-19(16,17)11-13-5-4-7(14-11)9-8(6-2-3-6)15-10(12)18-9/h4-6H,2-3H2,1H3,(H2,12,15). The van der Waals surface area contributed by atoms with Crippen molar-refractivity contribution in [3.8, 4) is 10.6 Å². The summed E-state index contributed by atoms with van der Waals surface area (Å²) in [5.41, 5.74) is 7.26. The van der Waals surface area contributed by atoms with Crippen molar-refractivity contribution in [2.75, 3.05) is 12.0 Å². The normalized spacial score (nSPS) is 15.6.